The summed E-state index contributed by atoms with van der Waals surface area (Å²) in [6, 6.07) is 8.94. The van der Waals surface area contributed by atoms with Crippen LogP contribution in [0, 0.1) is 6.92 Å². The van der Waals surface area contributed by atoms with Gasteiger partial charge in [0.15, 0.2) is 0 Å². The third-order valence-corrected chi connectivity index (χ3v) is 4.90. The van der Waals surface area contributed by atoms with Crippen LogP contribution in [-0.2, 0) is 0 Å². The molecule has 0 N–H and O–H groups in total. The van der Waals surface area contributed by atoms with E-state index in [1.165, 1.54) is 4.68 Å². The third-order valence-electron chi connectivity index (χ3n) is 3.79. The zero-order valence-electron chi connectivity index (χ0n) is 14.3. The van der Waals surface area contributed by atoms with Crippen LogP contribution in [0.3, 0.4) is 0 Å². The molecule has 1 aromatic heterocycles. The number of hydrogen-bond donors (Lipinski definition) is 0. The maximum atomic E-state index is 12.8. The van der Waals surface area contributed by atoms with E-state index in [-0.39, 0.29) is 5.56 Å². The van der Waals surface area contributed by atoms with Crippen molar-refractivity contribution in [3.05, 3.63) is 61.0 Å². The largest absolute Gasteiger partial charge is 0.496 e. The van der Waals surface area contributed by atoms with Crippen LogP contribution in [0.25, 0.3) is 10.9 Å². The van der Waals surface area contributed by atoms with E-state index in [0.29, 0.717) is 33.8 Å². The van der Waals surface area contributed by atoms with E-state index in [2.05, 4.69) is 41.9 Å². The summed E-state index contributed by atoms with van der Waals surface area (Å²) in [5.74, 6) is 1.72. The van der Waals surface area contributed by atoms with Crippen LogP contribution in [0.5, 0.6) is 11.5 Å². The molecule has 0 radical (unpaired) electrons. The number of methoxy groups -OCH3 is 2. The summed E-state index contributed by atoms with van der Waals surface area (Å²) in [5.41, 5.74) is 1.09. The van der Waals surface area contributed by atoms with Gasteiger partial charge in [-0.25, -0.2) is 4.98 Å². The second-order valence-corrected chi connectivity index (χ2v) is 7.18. The summed E-state index contributed by atoms with van der Waals surface area (Å²) in [6.45, 7) is 1.74. The van der Waals surface area contributed by atoms with Crippen molar-refractivity contribution in [2.75, 3.05) is 14.2 Å². The Balaban J connectivity index is 2.12. The average molecular weight is 481 g/mol. The summed E-state index contributed by atoms with van der Waals surface area (Å²) in [6.07, 6.45) is 1.56. The summed E-state index contributed by atoms with van der Waals surface area (Å²) in [4.78, 5) is 17.2. The van der Waals surface area contributed by atoms with Crippen molar-refractivity contribution in [3.63, 3.8) is 0 Å². The van der Waals surface area contributed by atoms with E-state index in [0.717, 1.165) is 8.95 Å². The van der Waals surface area contributed by atoms with Crippen LogP contribution in [0.15, 0.2) is 49.2 Å². The van der Waals surface area contributed by atoms with Gasteiger partial charge in [-0.2, -0.15) is 9.78 Å². The van der Waals surface area contributed by atoms with Crippen LogP contribution in [0.2, 0.25) is 0 Å². The molecule has 0 atom stereocenters. The second-order valence-electron chi connectivity index (χ2n) is 5.41. The second kappa shape index (κ2) is 7.59. The van der Waals surface area contributed by atoms with Crippen LogP contribution >= 0.6 is 31.9 Å². The molecule has 1 heterocycles. The minimum absolute atomic E-state index is 0.239. The van der Waals surface area contributed by atoms with E-state index in [1.807, 2.05) is 12.1 Å². The van der Waals surface area contributed by atoms with Crippen molar-refractivity contribution in [1.82, 2.24) is 9.66 Å². The zero-order chi connectivity index (χ0) is 18.8. The normalized spacial score (nSPS) is 11.3. The predicted molar refractivity (Wildman–Crippen MR) is 109 cm³/mol. The topological polar surface area (TPSA) is 65.7 Å². The van der Waals surface area contributed by atoms with Gasteiger partial charge in [0.25, 0.3) is 5.56 Å². The molecule has 0 saturated heterocycles. The highest BCUT2D eigenvalue weighted by Crippen LogP contribution is 2.32. The zero-order valence-corrected chi connectivity index (χ0v) is 17.5. The van der Waals surface area contributed by atoms with Gasteiger partial charge in [0, 0.05) is 16.1 Å². The molecule has 26 heavy (non-hydrogen) atoms. The highest BCUT2D eigenvalue weighted by Gasteiger charge is 2.10. The Morgan fingerprint density at radius 1 is 1.12 bits per heavy atom. The van der Waals surface area contributed by atoms with Gasteiger partial charge in [-0.3, -0.25) is 4.79 Å². The van der Waals surface area contributed by atoms with Crippen LogP contribution < -0.4 is 15.0 Å². The Labute approximate surface area is 166 Å². The number of benzene rings is 2. The first-order valence-electron chi connectivity index (χ1n) is 7.59. The molecule has 0 aliphatic heterocycles. The predicted octanol–water partition coefficient (Wildman–Crippen LogP) is 4.13. The molecule has 0 aliphatic carbocycles. The lowest BCUT2D eigenvalue weighted by Gasteiger charge is -2.10. The van der Waals surface area contributed by atoms with Crippen molar-refractivity contribution in [1.29, 1.82) is 0 Å². The molecular formula is C18H15Br2N3O3. The Morgan fingerprint density at radius 3 is 2.54 bits per heavy atom. The van der Waals surface area contributed by atoms with Crippen molar-refractivity contribution in [2.24, 2.45) is 5.10 Å². The number of hydrogen-bond acceptors (Lipinski definition) is 5. The molecule has 3 rings (SSSR count). The van der Waals surface area contributed by atoms with Gasteiger partial charge in [-0.1, -0.05) is 15.9 Å². The molecular weight excluding hydrogens is 466 g/mol. The minimum Gasteiger partial charge on any atom is -0.496 e. The molecule has 6 nitrogen and oxygen atoms in total. The number of aromatic nitrogens is 2. The van der Waals surface area contributed by atoms with Crippen LogP contribution in [0.4, 0.5) is 0 Å². The molecule has 134 valence electrons. The van der Waals surface area contributed by atoms with Gasteiger partial charge in [-0.05, 0) is 47.1 Å². The van der Waals surface area contributed by atoms with Crippen molar-refractivity contribution in [2.45, 2.75) is 6.92 Å². The van der Waals surface area contributed by atoms with E-state index >= 15 is 0 Å². The molecule has 0 aliphatic rings. The van der Waals surface area contributed by atoms with Crippen molar-refractivity contribution < 1.29 is 9.47 Å². The van der Waals surface area contributed by atoms with Gasteiger partial charge in [0.05, 0.1) is 35.8 Å². The lowest BCUT2D eigenvalue weighted by molar-refractivity contribution is 0.392. The Bertz CT molecular complexity index is 1080. The summed E-state index contributed by atoms with van der Waals surface area (Å²) in [7, 11) is 3.14. The highest BCUT2D eigenvalue weighted by atomic mass is 79.9. The first-order chi connectivity index (χ1) is 12.4. The first-order valence-corrected chi connectivity index (χ1v) is 9.18. The number of rotatable bonds is 4. The van der Waals surface area contributed by atoms with E-state index in [4.69, 9.17) is 9.47 Å². The SMILES string of the molecule is COc1cc(OC)c(C=Nn2c(C)nc3ccc(Br)cc3c2=O)cc1Br. The first kappa shape index (κ1) is 18.6. The van der Waals surface area contributed by atoms with E-state index in [1.54, 1.807) is 45.6 Å². The van der Waals surface area contributed by atoms with Gasteiger partial charge in [0.1, 0.15) is 17.3 Å². The summed E-state index contributed by atoms with van der Waals surface area (Å²) < 4.78 is 13.5. The smallest absolute Gasteiger partial charge is 0.282 e. The quantitative estimate of drug-likeness (QED) is 0.526. The van der Waals surface area contributed by atoms with Gasteiger partial charge >= 0.3 is 0 Å². The number of aryl methyl sites for hydroxylation is 1. The Morgan fingerprint density at radius 2 is 1.85 bits per heavy atom. The number of ether oxygens (including phenoxy) is 2. The molecule has 0 spiro atoms. The van der Waals surface area contributed by atoms with E-state index < -0.39 is 0 Å². The fraction of sp³-hybridized carbons (Fsp3) is 0.167. The molecule has 2 aromatic carbocycles. The Hall–Kier alpha value is -2.19. The van der Waals surface area contributed by atoms with Gasteiger partial charge < -0.3 is 9.47 Å². The lowest BCUT2D eigenvalue weighted by atomic mass is 10.2. The lowest BCUT2D eigenvalue weighted by Crippen LogP contribution is -2.20. The fourth-order valence-electron chi connectivity index (χ4n) is 2.50. The van der Waals surface area contributed by atoms with E-state index in [9.17, 15) is 4.79 Å². The van der Waals surface area contributed by atoms with Crippen molar-refractivity contribution in [3.8, 4) is 11.5 Å². The van der Waals surface area contributed by atoms with Crippen LogP contribution in [0.1, 0.15) is 11.4 Å². The molecule has 0 saturated carbocycles. The highest BCUT2D eigenvalue weighted by molar-refractivity contribution is 9.10. The number of nitrogens with zero attached hydrogens (tertiary/aromatic N) is 3. The van der Waals surface area contributed by atoms with Crippen LogP contribution in [-0.4, -0.2) is 30.1 Å². The fourth-order valence-corrected chi connectivity index (χ4v) is 3.38. The summed E-state index contributed by atoms with van der Waals surface area (Å²) in [5, 5.41) is 4.81. The third kappa shape index (κ3) is 3.52. The number of fused-ring (bicyclic) bond motifs is 1. The maximum Gasteiger partial charge on any atom is 0.282 e. The molecule has 8 heteroatoms. The molecule has 0 bridgehead atoms. The monoisotopic (exact) mass is 479 g/mol. The standard InChI is InChI=1S/C18H15Br2N3O3/c1-10-22-15-5-4-12(19)7-13(15)18(24)23(10)21-9-11-6-14(20)17(26-3)8-16(11)25-2/h4-9H,1-3H3. The Kier molecular flexibility index (Phi) is 5.43. The van der Waals surface area contributed by atoms with Gasteiger partial charge in [0.2, 0.25) is 0 Å². The molecule has 0 unspecified atom stereocenters. The molecule has 3 aromatic rings. The average Bonchev–Trinajstić information content (AvgIpc) is 2.62. The molecule has 0 amide bonds. The maximum absolute atomic E-state index is 12.8. The van der Waals surface area contributed by atoms with Crippen molar-refractivity contribution >= 4 is 49.0 Å². The number of halogens is 2. The minimum atomic E-state index is -0.239. The molecule has 0 fully saturated rings. The van der Waals surface area contributed by atoms with Gasteiger partial charge in [-0.15, -0.1) is 0 Å². The summed E-state index contributed by atoms with van der Waals surface area (Å²) >= 11 is 6.82.